The number of carbonyl (C=O) groups is 2. The molecule has 1 aliphatic rings. The first-order valence-electron chi connectivity index (χ1n) is 12.1. The summed E-state index contributed by atoms with van der Waals surface area (Å²) in [6.45, 7) is 1.74. The Morgan fingerprint density at radius 2 is 1.90 bits per heavy atom. The number of amides is 2. The van der Waals surface area contributed by atoms with E-state index in [0.29, 0.717) is 31.9 Å². The highest BCUT2D eigenvalue weighted by atomic mass is 19.4. The lowest BCUT2D eigenvalue weighted by Gasteiger charge is -2.26. The van der Waals surface area contributed by atoms with Gasteiger partial charge in [0.15, 0.2) is 0 Å². The summed E-state index contributed by atoms with van der Waals surface area (Å²) >= 11 is 0. The fraction of sp³-hybridized carbons (Fsp3) is 0.214. The van der Waals surface area contributed by atoms with Crippen LogP contribution >= 0.6 is 0 Å². The molecule has 1 fully saturated rings. The van der Waals surface area contributed by atoms with E-state index in [1.54, 1.807) is 41.6 Å². The van der Waals surface area contributed by atoms with E-state index in [1.807, 2.05) is 0 Å². The van der Waals surface area contributed by atoms with Crippen LogP contribution in [0.25, 0.3) is 28.3 Å². The van der Waals surface area contributed by atoms with E-state index < -0.39 is 17.6 Å². The number of pyridine rings is 2. The summed E-state index contributed by atoms with van der Waals surface area (Å²) in [6, 6.07) is 10.5. The number of nitrogens with zero attached hydrogens (tertiary/aromatic N) is 3. The van der Waals surface area contributed by atoms with Crippen molar-refractivity contribution in [3.05, 3.63) is 89.6 Å². The minimum absolute atomic E-state index is 0.103. The SMILES string of the molecule is O=C(/C=C/c1cccnc1)NCc1cc2cc(-c3ccc(C(=O)N4CCOCC4)cn3)cc(C(F)(F)F)c2o1. The minimum Gasteiger partial charge on any atom is -0.459 e. The summed E-state index contributed by atoms with van der Waals surface area (Å²) in [7, 11) is 0. The number of fused-ring (bicyclic) bond motifs is 1. The molecule has 0 radical (unpaired) electrons. The van der Waals surface area contributed by atoms with Gasteiger partial charge in [-0.25, -0.2) is 0 Å². The molecule has 39 heavy (non-hydrogen) atoms. The van der Waals surface area contributed by atoms with Crippen molar-refractivity contribution in [1.82, 2.24) is 20.2 Å². The molecule has 0 spiro atoms. The second kappa shape index (κ2) is 11.1. The fourth-order valence-corrected chi connectivity index (χ4v) is 4.17. The van der Waals surface area contributed by atoms with E-state index in [2.05, 4.69) is 15.3 Å². The van der Waals surface area contributed by atoms with E-state index in [9.17, 15) is 22.8 Å². The van der Waals surface area contributed by atoms with Crippen LogP contribution in [-0.4, -0.2) is 53.0 Å². The van der Waals surface area contributed by atoms with Gasteiger partial charge in [0.2, 0.25) is 5.91 Å². The molecule has 4 aromatic rings. The number of ether oxygens (including phenoxy) is 1. The summed E-state index contributed by atoms with van der Waals surface area (Å²) < 4.78 is 52.6. The van der Waals surface area contributed by atoms with Gasteiger partial charge in [-0.3, -0.25) is 19.6 Å². The van der Waals surface area contributed by atoms with Gasteiger partial charge in [0.1, 0.15) is 11.3 Å². The third kappa shape index (κ3) is 6.15. The van der Waals surface area contributed by atoms with Crippen molar-refractivity contribution in [3.8, 4) is 11.3 Å². The van der Waals surface area contributed by atoms with Gasteiger partial charge in [0.05, 0.1) is 36.6 Å². The molecule has 1 saturated heterocycles. The number of rotatable bonds is 6. The Bertz CT molecular complexity index is 1510. The van der Waals surface area contributed by atoms with Crippen molar-refractivity contribution in [2.45, 2.75) is 12.7 Å². The van der Waals surface area contributed by atoms with Crippen LogP contribution in [0.2, 0.25) is 0 Å². The molecule has 0 atom stereocenters. The van der Waals surface area contributed by atoms with Gasteiger partial charge >= 0.3 is 6.18 Å². The van der Waals surface area contributed by atoms with E-state index in [0.717, 1.165) is 11.6 Å². The van der Waals surface area contributed by atoms with Crippen LogP contribution in [0.1, 0.15) is 27.2 Å². The van der Waals surface area contributed by atoms with E-state index in [1.165, 1.54) is 30.5 Å². The van der Waals surface area contributed by atoms with Gasteiger partial charge in [-0.1, -0.05) is 6.07 Å². The molecular weight excluding hydrogens is 513 g/mol. The highest BCUT2D eigenvalue weighted by Gasteiger charge is 2.35. The molecule has 2 amide bonds. The molecule has 8 nitrogen and oxygen atoms in total. The number of furan rings is 1. The Balaban J connectivity index is 1.36. The molecule has 5 rings (SSSR count). The molecular formula is C28H23F3N4O4. The third-order valence-corrected chi connectivity index (χ3v) is 6.13. The number of nitrogens with one attached hydrogen (secondary N) is 1. The third-order valence-electron chi connectivity index (χ3n) is 6.13. The average Bonchev–Trinajstić information content (AvgIpc) is 3.37. The van der Waals surface area contributed by atoms with Crippen molar-refractivity contribution in [2.24, 2.45) is 0 Å². The number of hydrogen-bond donors (Lipinski definition) is 1. The van der Waals surface area contributed by atoms with Crippen molar-refractivity contribution < 1.29 is 31.9 Å². The number of hydrogen-bond acceptors (Lipinski definition) is 6. The number of alkyl halides is 3. The molecule has 4 heterocycles. The number of benzene rings is 1. The Morgan fingerprint density at radius 3 is 2.59 bits per heavy atom. The van der Waals surface area contributed by atoms with E-state index >= 15 is 0 Å². The van der Waals surface area contributed by atoms with Crippen LogP contribution in [0.3, 0.4) is 0 Å². The monoisotopic (exact) mass is 536 g/mol. The largest absolute Gasteiger partial charge is 0.459 e. The van der Waals surface area contributed by atoms with Crippen LogP contribution in [0, 0.1) is 0 Å². The van der Waals surface area contributed by atoms with Gasteiger partial charge in [0, 0.05) is 48.7 Å². The predicted octanol–water partition coefficient (Wildman–Crippen LogP) is 4.71. The first-order valence-corrected chi connectivity index (χ1v) is 12.1. The van der Waals surface area contributed by atoms with Crippen molar-refractivity contribution in [1.29, 1.82) is 0 Å². The Hall–Kier alpha value is -4.51. The van der Waals surface area contributed by atoms with Crippen LogP contribution in [-0.2, 0) is 22.3 Å². The normalized spacial score (nSPS) is 14.2. The fourth-order valence-electron chi connectivity index (χ4n) is 4.17. The maximum absolute atomic E-state index is 13.9. The molecule has 0 unspecified atom stereocenters. The molecule has 11 heteroatoms. The number of aromatic nitrogens is 2. The molecule has 0 bridgehead atoms. The van der Waals surface area contributed by atoms with Gasteiger partial charge < -0.3 is 19.4 Å². The van der Waals surface area contributed by atoms with Crippen LogP contribution in [0.5, 0.6) is 0 Å². The zero-order chi connectivity index (χ0) is 27.4. The van der Waals surface area contributed by atoms with Crippen molar-refractivity contribution >= 4 is 28.9 Å². The average molecular weight is 537 g/mol. The van der Waals surface area contributed by atoms with Crippen molar-refractivity contribution in [3.63, 3.8) is 0 Å². The zero-order valence-electron chi connectivity index (χ0n) is 20.6. The van der Waals surface area contributed by atoms with Gasteiger partial charge in [-0.05, 0) is 48.0 Å². The molecule has 1 N–H and O–H groups in total. The molecule has 200 valence electrons. The predicted molar refractivity (Wildman–Crippen MR) is 136 cm³/mol. The lowest BCUT2D eigenvalue weighted by atomic mass is 10.0. The Morgan fingerprint density at radius 1 is 1.08 bits per heavy atom. The summed E-state index contributed by atoms with van der Waals surface area (Å²) in [4.78, 5) is 34.7. The first kappa shape index (κ1) is 26.1. The lowest BCUT2D eigenvalue weighted by Crippen LogP contribution is -2.40. The van der Waals surface area contributed by atoms with Crippen LogP contribution < -0.4 is 5.32 Å². The lowest BCUT2D eigenvalue weighted by molar-refractivity contribution is -0.136. The number of carbonyl (C=O) groups excluding carboxylic acids is 2. The summed E-state index contributed by atoms with van der Waals surface area (Å²) in [5.74, 6) is -0.484. The van der Waals surface area contributed by atoms with Crippen LogP contribution in [0.4, 0.5) is 13.2 Å². The number of morpholine rings is 1. The summed E-state index contributed by atoms with van der Waals surface area (Å²) in [5, 5.41) is 2.81. The molecule has 3 aromatic heterocycles. The van der Waals surface area contributed by atoms with E-state index in [-0.39, 0.29) is 40.4 Å². The Labute approximate surface area is 221 Å². The Kier molecular flexibility index (Phi) is 7.42. The maximum atomic E-state index is 13.9. The molecule has 1 aromatic carbocycles. The standard InChI is InChI=1S/C28H23F3N4O4/c29-28(30,31)23-14-20(24-5-4-19(16-33-24)27(37)35-8-10-38-11-9-35)12-21-13-22(39-26(21)23)17-34-25(36)6-3-18-2-1-7-32-15-18/h1-7,12-16H,8-11,17H2,(H,34,36)/b6-3+. The molecule has 1 aliphatic heterocycles. The topological polar surface area (TPSA) is 97.6 Å². The molecule has 0 aliphatic carbocycles. The van der Waals surface area contributed by atoms with Crippen LogP contribution in [0.15, 0.2) is 71.5 Å². The summed E-state index contributed by atoms with van der Waals surface area (Å²) in [6.07, 6.45) is 2.74. The summed E-state index contributed by atoms with van der Waals surface area (Å²) in [5.41, 5.74) is 0.274. The zero-order valence-corrected chi connectivity index (χ0v) is 20.6. The quantitative estimate of drug-likeness (QED) is 0.359. The highest BCUT2D eigenvalue weighted by molar-refractivity contribution is 5.94. The second-order valence-electron chi connectivity index (χ2n) is 8.83. The first-order chi connectivity index (χ1) is 18.8. The second-order valence-corrected chi connectivity index (χ2v) is 8.83. The highest BCUT2D eigenvalue weighted by Crippen LogP contribution is 2.39. The minimum atomic E-state index is -4.69. The number of halogens is 3. The smallest absolute Gasteiger partial charge is 0.420 e. The van der Waals surface area contributed by atoms with Gasteiger partial charge in [-0.2, -0.15) is 13.2 Å². The maximum Gasteiger partial charge on any atom is 0.420 e. The van der Waals surface area contributed by atoms with Gasteiger partial charge in [0.25, 0.3) is 5.91 Å². The van der Waals surface area contributed by atoms with Crippen molar-refractivity contribution in [2.75, 3.05) is 26.3 Å². The van der Waals surface area contributed by atoms with Gasteiger partial charge in [-0.15, -0.1) is 0 Å². The molecule has 0 saturated carbocycles. The van der Waals surface area contributed by atoms with E-state index in [4.69, 9.17) is 9.15 Å².